The molecule has 1 heterocycles. The van der Waals surface area contributed by atoms with Crippen LogP contribution in [0.3, 0.4) is 0 Å². The molecule has 3 heteroatoms. The molecule has 1 amide bonds. The van der Waals surface area contributed by atoms with Crippen molar-refractivity contribution in [2.75, 3.05) is 12.3 Å². The van der Waals surface area contributed by atoms with Crippen LogP contribution >= 0.6 is 11.8 Å². The second-order valence-corrected chi connectivity index (χ2v) is 6.93. The Morgan fingerprint density at radius 1 is 1.32 bits per heavy atom. The van der Waals surface area contributed by atoms with Gasteiger partial charge in [-0.05, 0) is 37.8 Å². The van der Waals surface area contributed by atoms with Crippen LogP contribution in [-0.2, 0) is 4.79 Å². The van der Waals surface area contributed by atoms with Gasteiger partial charge in [-0.15, -0.1) is 11.8 Å². The zero-order valence-corrected chi connectivity index (χ0v) is 12.5. The van der Waals surface area contributed by atoms with Gasteiger partial charge in [0.05, 0.1) is 0 Å². The number of hydrogen-bond acceptors (Lipinski definition) is 2. The molecule has 1 aliphatic heterocycles. The van der Waals surface area contributed by atoms with E-state index in [9.17, 15) is 4.79 Å². The molecule has 0 spiro atoms. The molecule has 0 bridgehead atoms. The Labute approximate surface area is 119 Å². The van der Waals surface area contributed by atoms with E-state index in [0.717, 1.165) is 25.1 Å². The van der Waals surface area contributed by atoms with E-state index in [0.29, 0.717) is 11.8 Å². The lowest BCUT2D eigenvalue weighted by atomic mass is 9.84. The summed E-state index contributed by atoms with van der Waals surface area (Å²) in [7, 11) is 0. The molecule has 19 heavy (non-hydrogen) atoms. The van der Waals surface area contributed by atoms with Gasteiger partial charge in [0.25, 0.3) is 0 Å². The Morgan fingerprint density at radius 3 is 2.74 bits per heavy atom. The molecule has 1 aromatic carbocycles. The van der Waals surface area contributed by atoms with Crippen molar-refractivity contribution in [2.45, 2.75) is 38.5 Å². The summed E-state index contributed by atoms with van der Waals surface area (Å²) in [6, 6.07) is 6.59. The fourth-order valence-corrected chi connectivity index (χ4v) is 4.30. The Balaban J connectivity index is 1.84. The lowest BCUT2D eigenvalue weighted by Crippen LogP contribution is -2.38. The van der Waals surface area contributed by atoms with Gasteiger partial charge in [0.15, 0.2) is 0 Å². The van der Waals surface area contributed by atoms with Crippen molar-refractivity contribution in [1.29, 1.82) is 0 Å². The fourth-order valence-electron chi connectivity index (χ4n) is 2.95. The van der Waals surface area contributed by atoms with Crippen LogP contribution in [0.1, 0.15) is 41.3 Å². The summed E-state index contributed by atoms with van der Waals surface area (Å²) in [6.45, 7) is 5.20. The molecule has 102 valence electrons. The van der Waals surface area contributed by atoms with Gasteiger partial charge < -0.3 is 4.90 Å². The van der Waals surface area contributed by atoms with Gasteiger partial charge >= 0.3 is 0 Å². The van der Waals surface area contributed by atoms with Crippen molar-refractivity contribution < 1.29 is 4.79 Å². The Bertz CT molecular complexity index is 496. The average Bonchev–Trinajstić information content (AvgIpc) is 2.75. The highest BCUT2D eigenvalue weighted by atomic mass is 32.2. The number of rotatable bonds is 2. The van der Waals surface area contributed by atoms with Crippen LogP contribution in [0.2, 0.25) is 0 Å². The molecular formula is C16H21NOS. The molecule has 1 saturated heterocycles. The van der Waals surface area contributed by atoms with Gasteiger partial charge in [-0.2, -0.15) is 0 Å². The summed E-state index contributed by atoms with van der Waals surface area (Å²) in [4.78, 5) is 14.6. The highest BCUT2D eigenvalue weighted by molar-refractivity contribution is 7.99. The summed E-state index contributed by atoms with van der Waals surface area (Å²) < 4.78 is 0. The first kappa shape index (κ1) is 13.0. The van der Waals surface area contributed by atoms with Crippen molar-refractivity contribution in [3.63, 3.8) is 0 Å². The van der Waals surface area contributed by atoms with Crippen molar-refractivity contribution >= 4 is 17.7 Å². The summed E-state index contributed by atoms with van der Waals surface area (Å²) in [6.07, 6.45) is 3.42. The summed E-state index contributed by atoms with van der Waals surface area (Å²) in [5.74, 6) is 1.77. The van der Waals surface area contributed by atoms with Crippen LogP contribution in [0.4, 0.5) is 0 Å². The fraction of sp³-hybridized carbons (Fsp3) is 0.562. The summed E-state index contributed by atoms with van der Waals surface area (Å²) >= 11 is 1.91. The second-order valence-electron chi connectivity index (χ2n) is 5.74. The molecule has 0 radical (unpaired) electrons. The molecule has 1 aliphatic carbocycles. The van der Waals surface area contributed by atoms with E-state index < -0.39 is 0 Å². The molecule has 0 aromatic heterocycles. The minimum absolute atomic E-state index is 0.244. The van der Waals surface area contributed by atoms with Crippen LogP contribution in [-0.4, -0.2) is 23.1 Å². The van der Waals surface area contributed by atoms with Crippen LogP contribution in [0.25, 0.3) is 0 Å². The Morgan fingerprint density at radius 2 is 2.11 bits per heavy atom. The van der Waals surface area contributed by atoms with Crippen LogP contribution in [0.15, 0.2) is 18.2 Å². The van der Waals surface area contributed by atoms with E-state index >= 15 is 0 Å². The maximum atomic E-state index is 12.5. The largest absolute Gasteiger partial charge is 0.325 e. The number of aryl methyl sites for hydroxylation is 2. The predicted octanol–water partition coefficient (Wildman–Crippen LogP) is 3.68. The average molecular weight is 275 g/mol. The number of carbonyl (C=O) groups is 1. The topological polar surface area (TPSA) is 20.3 Å². The molecule has 1 atom stereocenters. The van der Waals surface area contributed by atoms with Crippen LogP contribution in [0, 0.1) is 19.8 Å². The monoisotopic (exact) mass is 275 g/mol. The van der Waals surface area contributed by atoms with Crippen molar-refractivity contribution in [2.24, 2.45) is 5.92 Å². The van der Waals surface area contributed by atoms with Gasteiger partial charge in [-0.3, -0.25) is 4.79 Å². The van der Waals surface area contributed by atoms with Gasteiger partial charge in [0.1, 0.15) is 5.37 Å². The van der Waals surface area contributed by atoms with E-state index in [1.165, 1.54) is 23.1 Å². The van der Waals surface area contributed by atoms with E-state index in [1.807, 2.05) is 11.8 Å². The maximum Gasteiger partial charge on any atom is 0.226 e. The number of carbonyl (C=O) groups excluding carboxylic acids is 1. The van der Waals surface area contributed by atoms with Gasteiger partial charge in [0, 0.05) is 18.2 Å². The van der Waals surface area contributed by atoms with Crippen molar-refractivity contribution in [3.8, 4) is 0 Å². The van der Waals surface area contributed by atoms with E-state index in [-0.39, 0.29) is 5.37 Å². The Kier molecular flexibility index (Phi) is 3.57. The standard InChI is InChI=1S/C16H21NOS/c1-11-6-7-14(12(2)10-11)16-17(8-9-19-16)15(18)13-4-3-5-13/h6-7,10,13,16H,3-5,8-9H2,1-2H3. The number of nitrogens with zero attached hydrogens (tertiary/aromatic N) is 1. The normalized spacial score (nSPS) is 23.5. The Hall–Kier alpha value is -0.960. The van der Waals surface area contributed by atoms with Crippen molar-refractivity contribution in [3.05, 3.63) is 34.9 Å². The van der Waals surface area contributed by atoms with Gasteiger partial charge in [-0.1, -0.05) is 30.2 Å². The number of amides is 1. The minimum Gasteiger partial charge on any atom is -0.325 e. The third-order valence-corrected chi connectivity index (χ3v) is 5.56. The molecule has 0 N–H and O–H groups in total. The lowest BCUT2D eigenvalue weighted by Gasteiger charge is -2.32. The zero-order valence-electron chi connectivity index (χ0n) is 11.7. The number of thioether (sulfide) groups is 1. The predicted molar refractivity (Wildman–Crippen MR) is 80.2 cm³/mol. The van der Waals surface area contributed by atoms with E-state index in [2.05, 4.69) is 36.9 Å². The van der Waals surface area contributed by atoms with E-state index in [4.69, 9.17) is 0 Å². The first-order valence-electron chi connectivity index (χ1n) is 7.16. The summed E-state index contributed by atoms with van der Waals surface area (Å²) in [5.41, 5.74) is 3.92. The molecule has 2 nitrogen and oxygen atoms in total. The second kappa shape index (κ2) is 5.20. The van der Waals surface area contributed by atoms with Crippen LogP contribution < -0.4 is 0 Å². The van der Waals surface area contributed by atoms with Crippen LogP contribution in [0.5, 0.6) is 0 Å². The maximum absolute atomic E-state index is 12.5. The smallest absolute Gasteiger partial charge is 0.226 e. The quantitative estimate of drug-likeness (QED) is 0.820. The van der Waals surface area contributed by atoms with Crippen molar-refractivity contribution in [1.82, 2.24) is 4.90 Å². The highest BCUT2D eigenvalue weighted by Crippen LogP contribution is 2.42. The molecule has 1 unspecified atom stereocenters. The zero-order chi connectivity index (χ0) is 13.4. The molecular weight excluding hydrogens is 254 g/mol. The molecule has 1 aromatic rings. The molecule has 3 rings (SSSR count). The number of benzene rings is 1. The minimum atomic E-state index is 0.244. The first-order chi connectivity index (χ1) is 9.16. The third-order valence-electron chi connectivity index (χ3n) is 4.32. The first-order valence-corrected chi connectivity index (χ1v) is 8.21. The molecule has 2 aliphatic rings. The van der Waals surface area contributed by atoms with Gasteiger partial charge in [0.2, 0.25) is 5.91 Å². The van der Waals surface area contributed by atoms with Gasteiger partial charge in [-0.25, -0.2) is 0 Å². The number of hydrogen-bond donors (Lipinski definition) is 0. The summed E-state index contributed by atoms with van der Waals surface area (Å²) in [5, 5.41) is 0.244. The lowest BCUT2D eigenvalue weighted by molar-refractivity contribution is -0.138. The molecule has 2 fully saturated rings. The third kappa shape index (κ3) is 2.40. The van der Waals surface area contributed by atoms with E-state index in [1.54, 1.807) is 0 Å². The highest BCUT2D eigenvalue weighted by Gasteiger charge is 2.37. The SMILES string of the molecule is Cc1ccc(C2SCCN2C(=O)C2CCC2)c(C)c1. The molecule has 1 saturated carbocycles.